The summed E-state index contributed by atoms with van der Waals surface area (Å²) < 4.78 is 0. The molecule has 0 aliphatic heterocycles. The van der Waals surface area contributed by atoms with Gasteiger partial charge in [-0.1, -0.05) is 25.7 Å². The molecule has 0 bridgehead atoms. The summed E-state index contributed by atoms with van der Waals surface area (Å²) in [6.45, 7) is 3.07. The molecular weight excluding hydrogens is 246 g/mol. The molecule has 0 radical (unpaired) electrons. The van der Waals surface area contributed by atoms with E-state index in [1.807, 2.05) is 0 Å². The Hall–Kier alpha value is -1.36. The topological polar surface area (TPSA) is 86.6 Å². The maximum Gasteiger partial charge on any atom is 0.331 e. The molecule has 1 fully saturated rings. The fraction of sp³-hybridized carbons (Fsp3) is 0.714. The molecule has 108 valence electrons. The van der Waals surface area contributed by atoms with Crippen molar-refractivity contribution in [2.75, 3.05) is 6.54 Å². The molecule has 1 saturated carbocycles. The summed E-state index contributed by atoms with van der Waals surface area (Å²) in [5, 5.41) is 21.8. The molecule has 5 heteroatoms. The monoisotopic (exact) mass is 269 g/mol. The second-order valence-corrected chi connectivity index (χ2v) is 5.38. The molecule has 0 aromatic heterocycles. The van der Waals surface area contributed by atoms with Crippen LogP contribution in [0.5, 0.6) is 0 Å². The largest absolute Gasteiger partial charge is 0.478 e. The predicted molar refractivity (Wildman–Crippen MR) is 71.7 cm³/mol. The van der Waals surface area contributed by atoms with E-state index in [0.717, 1.165) is 25.7 Å². The van der Waals surface area contributed by atoms with Crippen LogP contribution in [0.25, 0.3) is 0 Å². The minimum Gasteiger partial charge on any atom is -0.478 e. The standard InChI is InChI=1S/C14H23NO4/c1-10(11(2)13(17)18)12(16)15-9-14(19)7-5-3-4-6-8-14/h19H,3-9H2,1-2H3,(H,15,16)(H,17,18). The zero-order valence-corrected chi connectivity index (χ0v) is 11.7. The summed E-state index contributed by atoms with van der Waals surface area (Å²) in [4.78, 5) is 22.6. The van der Waals surface area contributed by atoms with Gasteiger partial charge < -0.3 is 15.5 Å². The lowest BCUT2D eigenvalue weighted by Gasteiger charge is -2.26. The first kappa shape index (κ1) is 15.7. The van der Waals surface area contributed by atoms with Gasteiger partial charge in [-0.15, -0.1) is 0 Å². The van der Waals surface area contributed by atoms with Crippen LogP contribution in [0.1, 0.15) is 52.4 Å². The third-order valence-corrected chi connectivity index (χ3v) is 3.84. The molecule has 0 spiro atoms. The van der Waals surface area contributed by atoms with Crippen LogP contribution in [0, 0.1) is 0 Å². The zero-order valence-electron chi connectivity index (χ0n) is 11.7. The van der Waals surface area contributed by atoms with Gasteiger partial charge in [-0.05, 0) is 26.7 Å². The number of carbonyl (C=O) groups excluding carboxylic acids is 1. The molecule has 3 N–H and O–H groups in total. The molecule has 0 unspecified atom stereocenters. The van der Waals surface area contributed by atoms with E-state index in [9.17, 15) is 14.7 Å². The van der Waals surface area contributed by atoms with E-state index in [1.54, 1.807) is 0 Å². The van der Waals surface area contributed by atoms with E-state index in [-0.39, 0.29) is 17.7 Å². The van der Waals surface area contributed by atoms with E-state index in [4.69, 9.17) is 5.11 Å². The number of carboxylic acid groups (broad SMARTS) is 1. The highest BCUT2D eigenvalue weighted by atomic mass is 16.4. The fourth-order valence-electron chi connectivity index (χ4n) is 2.27. The first-order chi connectivity index (χ1) is 8.86. The van der Waals surface area contributed by atoms with Crippen molar-refractivity contribution in [2.24, 2.45) is 0 Å². The van der Waals surface area contributed by atoms with Gasteiger partial charge in [0, 0.05) is 17.7 Å². The Morgan fingerprint density at radius 1 is 1.05 bits per heavy atom. The van der Waals surface area contributed by atoms with Crippen LogP contribution >= 0.6 is 0 Å². The average molecular weight is 269 g/mol. The quantitative estimate of drug-likeness (QED) is 0.534. The van der Waals surface area contributed by atoms with Crippen molar-refractivity contribution in [3.8, 4) is 0 Å². The van der Waals surface area contributed by atoms with Crippen molar-refractivity contribution in [3.05, 3.63) is 11.1 Å². The molecule has 1 aliphatic rings. The summed E-state index contributed by atoms with van der Waals surface area (Å²) in [6.07, 6.45) is 5.55. The Kier molecular flexibility index (Phi) is 5.54. The molecule has 0 heterocycles. The van der Waals surface area contributed by atoms with Crippen LogP contribution in [0.4, 0.5) is 0 Å². The lowest BCUT2D eigenvalue weighted by molar-refractivity contribution is -0.133. The van der Waals surface area contributed by atoms with Gasteiger partial charge in [-0.25, -0.2) is 4.79 Å². The van der Waals surface area contributed by atoms with Crippen LogP contribution in [0.15, 0.2) is 11.1 Å². The molecule has 0 aromatic carbocycles. The van der Waals surface area contributed by atoms with Crippen molar-refractivity contribution in [1.29, 1.82) is 0 Å². The van der Waals surface area contributed by atoms with Crippen LogP contribution in [-0.2, 0) is 9.59 Å². The molecular formula is C14H23NO4. The second kappa shape index (κ2) is 6.70. The maximum absolute atomic E-state index is 11.8. The SMILES string of the molecule is CC(C(=O)O)=C(C)C(=O)NCC1(O)CCCCCC1. The molecule has 5 nitrogen and oxygen atoms in total. The number of carboxylic acids is 1. The molecule has 0 saturated heterocycles. The summed E-state index contributed by atoms with van der Waals surface area (Å²) in [5.41, 5.74) is -0.626. The van der Waals surface area contributed by atoms with Gasteiger partial charge >= 0.3 is 5.97 Å². The van der Waals surface area contributed by atoms with Crippen molar-refractivity contribution in [3.63, 3.8) is 0 Å². The van der Waals surface area contributed by atoms with Crippen molar-refractivity contribution in [1.82, 2.24) is 5.32 Å². The molecule has 1 aliphatic carbocycles. The van der Waals surface area contributed by atoms with Crippen molar-refractivity contribution < 1.29 is 19.8 Å². The fourth-order valence-corrected chi connectivity index (χ4v) is 2.27. The van der Waals surface area contributed by atoms with E-state index in [2.05, 4.69) is 5.32 Å². The van der Waals surface area contributed by atoms with E-state index in [1.165, 1.54) is 13.8 Å². The van der Waals surface area contributed by atoms with E-state index >= 15 is 0 Å². The van der Waals surface area contributed by atoms with Crippen molar-refractivity contribution >= 4 is 11.9 Å². The normalized spacial score (nSPS) is 20.2. The molecule has 0 aromatic rings. The number of carbonyl (C=O) groups is 2. The summed E-state index contributed by atoms with van der Waals surface area (Å²) in [6, 6.07) is 0. The van der Waals surface area contributed by atoms with Gasteiger partial charge in [-0.3, -0.25) is 4.79 Å². The molecule has 1 amide bonds. The molecule has 1 rings (SSSR count). The summed E-state index contributed by atoms with van der Waals surface area (Å²) >= 11 is 0. The maximum atomic E-state index is 11.8. The van der Waals surface area contributed by atoms with Gasteiger partial charge in [0.1, 0.15) is 0 Å². The number of aliphatic carboxylic acids is 1. The Bertz CT molecular complexity index is 379. The van der Waals surface area contributed by atoms with Gasteiger partial charge in [-0.2, -0.15) is 0 Å². The van der Waals surface area contributed by atoms with Crippen LogP contribution in [-0.4, -0.2) is 34.2 Å². The summed E-state index contributed by atoms with van der Waals surface area (Å²) in [5.74, 6) is -1.52. The Balaban J connectivity index is 2.58. The smallest absolute Gasteiger partial charge is 0.331 e. The van der Waals surface area contributed by atoms with Crippen LogP contribution in [0.3, 0.4) is 0 Å². The average Bonchev–Trinajstić information content (AvgIpc) is 2.59. The van der Waals surface area contributed by atoms with Gasteiger partial charge in [0.2, 0.25) is 5.91 Å². The van der Waals surface area contributed by atoms with Crippen LogP contribution < -0.4 is 5.32 Å². The zero-order chi connectivity index (χ0) is 14.5. The Morgan fingerprint density at radius 3 is 2.05 bits per heavy atom. The lowest BCUT2D eigenvalue weighted by atomic mass is 9.94. The highest BCUT2D eigenvalue weighted by Crippen LogP contribution is 2.26. The Morgan fingerprint density at radius 2 is 1.58 bits per heavy atom. The van der Waals surface area contributed by atoms with E-state index in [0.29, 0.717) is 12.8 Å². The second-order valence-electron chi connectivity index (χ2n) is 5.38. The Labute approximate surface area is 113 Å². The summed E-state index contributed by atoms with van der Waals surface area (Å²) in [7, 11) is 0. The highest BCUT2D eigenvalue weighted by Gasteiger charge is 2.28. The number of nitrogens with one attached hydrogen (secondary N) is 1. The van der Waals surface area contributed by atoms with Crippen LogP contribution in [0.2, 0.25) is 0 Å². The van der Waals surface area contributed by atoms with Gasteiger partial charge in [0.15, 0.2) is 0 Å². The number of rotatable bonds is 4. The number of aliphatic hydroxyl groups is 1. The van der Waals surface area contributed by atoms with Gasteiger partial charge in [0.25, 0.3) is 0 Å². The predicted octanol–water partition coefficient (Wildman–Crippen LogP) is 1.61. The highest BCUT2D eigenvalue weighted by molar-refractivity contribution is 6.01. The first-order valence-corrected chi connectivity index (χ1v) is 6.77. The molecule has 0 atom stereocenters. The van der Waals surface area contributed by atoms with Gasteiger partial charge in [0.05, 0.1) is 5.60 Å². The lowest BCUT2D eigenvalue weighted by Crippen LogP contribution is -2.43. The minimum atomic E-state index is -1.10. The number of hydrogen-bond acceptors (Lipinski definition) is 3. The third kappa shape index (κ3) is 4.67. The van der Waals surface area contributed by atoms with E-state index < -0.39 is 17.5 Å². The molecule has 19 heavy (non-hydrogen) atoms. The van der Waals surface area contributed by atoms with Crippen molar-refractivity contribution in [2.45, 2.75) is 58.0 Å². The number of amides is 1. The number of hydrogen-bond donors (Lipinski definition) is 3. The minimum absolute atomic E-state index is 0.0327. The third-order valence-electron chi connectivity index (χ3n) is 3.84. The first-order valence-electron chi connectivity index (χ1n) is 6.77.